The minimum atomic E-state index is -0.240. The van der Waals surface area contributed by atoms with E-state index in [1.807, 2.05) is 0 Å². The third-order valence-corrected chi connectivity index (χ3v) is 5.71. The molecule has 4 rings (SSSR count). The number of anilines is 1. The Morgan fingerprint density at radius 1 is 1.12 bits per heavy atom. The summed E-state index contributed by atoms with van der Waals surface area (Å²) in [5.41, 5.74) is 3.61. The zero-order valence-corrected chi connectivity index (χ0v) is 16.0. The van der Waals surface area contributed by atoms with Crippen molar-refractivity contribution in [1.29, 1.82) is 0 Å². The quantitative estimate of drug-likeness (QED) is 0.916. The fourth-order valence-electron chi connectivity index (χ4n) is 4.11. The Morgan fingerprint density at radius 3 is 2.69 bits per heavy atom. The fraction of sp³-hybridized carbons (Fsp3) is 0.571. The molecule has 0 spiro atoms. The molecule has 5 heteroatoms. The highest BCUT2D eigenvalue weighted by Crippen LogP contribution is 2.28. The number of nitrogens with zero attached hydrogens (tertiary/aromatic N) is 4. The van der Waals surface area contributed by atoms with Gasteiger partial charge in [-0.3, -0.25) is 4.90 Å². The number of hydrogen-bond donors (Lipinski definition) is 1. The number of likely N-dealkylation sites (N-methyl/N-ethyl adjacent to an activating group) is 1. The van der Waals surface area contributed by atoms with E-state index in [4.69, 9.17) is 4.98 Å². The summed E-state index contributed by atoms with van der Waals surface area (Å²) in [4.78, 5) is 12.2. The van der Waals surface area contributed by atoms with E-state index in [9.17, 15) is 5.11 Å². The Balaban J connectivity index is 1.68. The van der Waals surface area contributed by atoms with Crippen LogP contribution in [0.15, 0.2) is 24.3 Å². The van der Waals surface area contributed by atoms with Crippen LogP contribution >= 0.6 is 0 Å². The van der Waals surface area contributed by atoms with Gasteiger partial charge in [0.2, 0.25) is 0 Å². The lowest BCUT2D eigenvalue weighted by Crippen LogP contribution is -2.44. The average Bonchev–Trinajstić information content (AvgIpc) is 2.63. The van der Waals surface area contributed by atoms with Crippen molar-refractivity contribution in [2.24, 2.45) is 0 Å². The average molecular weight is 354 g/mol. The predicted octanol–water partition coefficient (Wildman–Crippen LogP) is 2.25. The molecule has 0 aliphatic carbocycles. The third-order valence-electron chi connectivity index (χ3n) is 5.71. The highest BCUT2D eigenvalue weighted by Gasteiger charge is 2.23. The van der Waals surface area contributed by atoms with Crippen LogP contribution in [0.3, 0.4) is 0 Å². The highest BCUT2D eigenvalue weighted by molar-refractivity contribution is 5.82. The molecular weight excluding hydrogens is 324 g/mol. The number of aryl methyl sites for hydroxylation is 1. The standard InChI is InChI=1S/C21H30N4O/c1-16-5-6-20-17(12-16)13-18(14-24-10-8-23(2)9-11-24)21(22-20)25-7-3-4-19(26)15-25/h5-6,12-13,19,26H,3-4,7-11,14-15H2,1-2H3. The number of β-amino-alcohol motifs (C(OH)–C–C–N with tert-alkyl or cyclic N) is 1. The van der Waals surface area contributed by atoms with Crippen LogP contribution in [0.25, 0.3) is 10.9 Å². The van der Waals surface area contributed by atoms with E-state index >= 15 is 0 Å². The van der Waals surface area contributed by atoms with Crippen LogP contribution in [-0.2, 0) is 6.54 Å². The molecule has 5 nitrogen and oxygen atoms in total. The summed E-state index contributed by atoms with van der Waals surface area (Å²) >= 11 is 0. The molecule has 2 aliphatic rings. The van der Waals surface area contributed by atoms with Gasteiger partial charge in [0, 0.05) is 56.8 Å². The van der Waals surface area contributed by atoms with Gasteiger partial charge in [-0.15, -0.1) is 0 Å². The molecule has 2 aliphatic heterocycles. The summed E-state index contributed by atoms with van der Waals surface area (Å²) in [6.07, 6.45) is 1.69. The largest absolute Gasteiger partial charge is 0.391 e. The maximum atomic E-state index is 10.1. The van der Waals surface area contributed by atoms with E-state index in [2.05, 4.69) is 52.9 Å². The van der Waals surface area contributed by atoms with Gasteiger partial charge in [0.05, 0.1) is 11.6 Å². The van der Waals surface area contributed by atoms with Crippen molar-refractivity contribution >= 4 is 16.7 Å². The van der Waals surface area contributed by atoms with Crippen molar-refractivity contribution in [1.82, 2.24) is 14.8 Å². The van der Waals surface area contributed by atoms with Crippen molar-refractivity contribution in [3.8, 4) is 0 Å². The second kappa shape index (κ2) is 7.51. The zero-order valence-electron chi connectivity index (χ0n) is 16.0. The topological polar surface area (TPSA) is 42.8 Å². The summed E-state index contributed by atoms with van der Waals surface area (Å²) < 4.78 is 0. The van der Waals surface area contributed by atoms with Crippen LogP contribution in [-0.4, -0.2) is 72.3 Å². The Bertz CT molecular complexity index is 770. The first-order valence-corrected chi connectivity index (χ1v) is 9.83. The van der Waals surface area contributed by atoms with E-state index in [0.29, 0.717) is 6.54 Å². The molecule has 1 aromatic heterocycles. The number of piperazine rings is 1. The Hall–Kier alpha value is -1.69. The normalized spacial score (nSPS) is 22.9. The van der Waals surface area contributed by atoms with Crippen molar-refractivity contribution in [2.75, 3.05) is 51.2 Å². The summed E-state index contributed by atoms with van der Waals surface area (Å²) in [7, 11) is 2.19. The zero-order chi connectivity index (χ0) is 18.1. The smallest absolute Gasteiger partial charge is 0.133 e. The molecular formula is C21H30N4O. The lowest BCUT2D eigenvalue weighted by Gasteiger charge is -2.35. The van der Waals surface area contributed by atoms with E-state index < -0.39 is 0 Å². The second-order valence-electron chi connectivity index (χ2n) is 7.99. The summed E-state index contributed by atoms with van der Waals surface area (Å²) in [6.45, 7) is 9.20. The van der Waals surface area contributed by atoms with E-state index in [-0.39, 0.29) is 6.10 Å². The van der Waals surface area contributed by atoms with E-state index in [0.717, 1.165) is 63.4 Å². The Labute approximate surface area is 156 Å². The van der Waals surface area contributed by atoms with Crippen molar-refractivity contribution < 1.29 is 5.11 Å². The first kappa shape index (κ1) is 17.7. The summed E-state index contributed by atoms with van der Waals surface area (Å²) in [5, 5.41) is 11.4. The van der Waals surface area contributed by atoms with Crippen molar-refractivity contribution in [2.45, 2.75) is 32.4 Å². The van der Waals surface area contributed by atoms with Gasteiger partial charge < -0.3 is 14.9 Å². The maximum absolute atomic E-state index is 10.1. The van der Waals surface area contributed by atoms with E-state index in [1.54, 1.807) is 0 Å². The number of aromatic nitrogens is 1. The first-order chi connectivity index (χ1) is 12.6. The second-order valence-corrected chi connectivity index (χ2v) is 7.99. The molecule has 140 valence electrons. The molecule has 1 atom stereocenters. The van der Waals surface area contributed by atoms with Gasteiger partial charge in [-0.05, 0) is 45.0 Å². The number of aliphatic hydroxyl groups excluding tert-OH is 1. The molecule has 2 aromatic rings. The molecule has 26 heavy (non-hydrogen) atoms. The molecule has 0 radical (unpaired) electrons. The number of piperidine rings is 1. The molecule has 0 amide bonds. The molecule has 0 saturated carbocycles. The molecule has 1 unspecified atom stereocenters. The lowest BCUT2D eigenvalue weighted by atomic mass is 10.0. The number of pyridine rings is 1. The number of hydrogen-bond acceptors (Lipinski definition) is 5. The monoisotopic (exact) mass is 354 g/mol. The minimum absolute atomic E-state index is 0.240. The number of fused-ring (bicyclic) bond motifs is 1. The van der Waals surface area contributed by atoms with Crippen LogP contribution < -0.4 is 4.90 Å². The molecule has 0 bridgehead atoms. The van der Waals surface area contributed by atoms with Gasteiger partial charge in [-0.1, -0.05) is 11.6 Å². The maximum Gasteiger partial charge on any atom is 0.133 e. The third kappa shape index (κ3) is 3.85. The van der Waals surface area contributed by atoms with Gasteiger partial charge in [-0.2, -0.15) is 0 Å². The molecule has 3 heterocycles. The van der Waals surface area contributed by atoms with Crippen LogP contribution in [0, 0.1) is 6.92 Å². The Kier molecular flexibility index (Phi) is 5.11. The van der Waals surface area contributed by atoms with Crippen molar-refractivity contribution in [3.05, 3.63) is 35.4 Å². The molecule has 2 saturated heterocycles. The van der Waals surface area contributed by atoms with E-state index in [1.165, 1.54) is 16.5 Å². The SMILES string of the molecule is Cc1ccc2nc(N3CCCC(O)C3)c(CN3CCN(C)CC3)cc2c1. The lowest BCUT2D eigenvalue weighted by molar-refractivity contribution is 0.146. The van der Waals surface area contributed by atoms with Crippen molar-refractivity contribution in [3.63, 3.8) is 0 Å². The van der Waals surface area contributed by atoms with Crippen LogP contribution in [0.2, 0.25) is 0 Å². The Morgan fingerprint density at radius 2 is 1.92 bits per heavy atom. The van der Waals surface area contributed by atoms with Gasteiger partial charge in [-0.25, -0.2) is 4.98 Å². The van der Waals surface area contributed by atoms with Gasteiger partial charge >= 0.3 is 0 Å². The minimum Gasteiger partial charge on any atom is -0.391 e. The van der Waals surface area contributed by atoms with Gasteiger partial charge in [0.25, 0.3) is 0 Å². The van der Waals surface area contributed by atoms with Crippen LogP contribution in [0.4, 0.5) is 5.82 Å². The fourth-order valence-corrected chi connectivity index (χ4v) is 4.11. The highest BCUT2D eigenvalue weighted by atomic mass is 16.3. The van der Waals surface area contributed by atoms with Crippen LogP contribution in [0.1, 0.15) is 24.0 Å². The number of benzene rings is 1. The number of aliphatic hydroxyl groups is 1. The first-order valence-electron chi connectivity index (χ1n) is 9.83. The van der Waals surface area contributed by atoms with Gasteiger partial charge in [0.1, 0.15) is 5.82 Å². The van der Waals surface area contributed by atoms with Gasteiger partial charge in [0.15, 0.2) is 0 Å². The molecule has 2 fully saturated rings. The molecule has 1 N–H and O–H groups in total. The summed E-state index contributed by atoms with van der Waals surface area (Å²) in [5.74, 6) is 1.07. The number of rotatable bonds is 3. The molecule has 1 aromatic carbocycles. The van der Waals surface area contributed by atoms with Crippen LogP contribution in [0.5, 0.6) is 0 Å². The predicted molar refractivity (Wildman–Crippen MR) is 107 cm³/mol. The summed E-state index contributed by atoms with van der Waals surface area (Å²) in [6, 6.07) is 8.80.